The summed E-state index contributed by atoms with van der Waals surface area (Å²) >= 11 is 0. The topological polar surface area (TPSA) is 68.5 Å². The number of nitrogens with one attached hydrogen (secondary N) is 1. The molecule has 0 amide bonds. The van der Waals surface area contributed by atoms with Crippen LogP contribution < -0.4 is 15.7 Å². The first-order valence-corrected chi connectivity index (χ1v) is 6.62. The van der Waals surface area contributed by atoms with Crippen molar-refractivity contribution in [1.29, 1.82) is 0 Å². The largest absolute Gasteiger partial charge is 0.479 e. The molecular formula is C16H15NO4. The van der Waals surface area contributed by atoms with Crippen LogP contribution in [0.5, 0.6) is 5.75 Å². The first-order chi connectivity index (χ1) is 9.94. The molecule has 1 aromatic heterocycles. The van der Waals surface area contributed by atoms with Crippen LogP contribution in [0.1, 0.15) is 19.4 Å². The fourth-order valence-corrected chi connectivity index (χ4v) is 2.50. The van der Waals surface area contributed by atoms with Gasteiger partial charge in [0.05, 0.1) is 11.1 Å². The van der Waals surface area contributed by atoms with Crippen LogP contribution in [0, 0.1) is 0 Å². The maximum atomic E-state index is 12.6. The number of hydrogen-bond donors (Lipinski definition) is 1. The zero-order valence-corrected chi connectivity index (χ0v) is 12.0. The molecular weight excluding hydrogens is 270 g/mol. The highest BCUT2D eigenvalue weighted by Gasteiger charge is 2.40. The molecule has 5 nitrogen and oxygen atoms in total. The van der Waals surface area contributed by atoms with E-state index in [2.05, 4.69) is 5.32 Å². The van der Waals surface area contributed by atoms with Gasteiger partial charge in [0.25, 0.3) is 0 Å². The lowest BCUT2D eigenvalue weighted by Crippen LogP contribution is -2.42. The summed E-state index contributed by atoms with van der Waals surface area (Å²) in [6.45, 7) is 3.43. The number of carbonyl (C=O) groups is 1. The molecule has 1 aliphatic rings. The van der Waals surface area contributed by atoms with Crippen molar-refractivity contribution < 1.29 is 13.9 Å². The number of rotatable bonds is 1. The molecule has 5 heteroatoms. The Morgan fingerprint density at radius 2 is 1.86 bits per heavy atom. The third kappa shape index (κ3) is 2.01. The Morgan fingerprint density at radius 3 is 2.57 bits per heavy atom. The summed E-state index contributed by atoms with van der Waals surface area (Å²) in [5.74, 6) is 0.367. The van der Waals surface area contributed by atoms with E-state index in [0.29, 0.717) is 22.5 Å². The first-order valence-electron chi connectivity index (χ1n) is 6.62. The van der Waals surface area contributed by atoms with Gasteiger partial charge in [0.1, 0.15) is 11.3 Å². The quantitative estimate of drug-likeness (QED) is 0.642. The lowest BCUT2D eigenvalue weighted by atomic mass is 9.87. The molecule has 2 aromatic rings. The maximum absolute atomic E-state index is 12.6. The Bertz CT molecular complexity index is 830. The minimum absolute atomic E-state index is 0.164. The minimum Gasteiger partial charge on any atom is -0.479 e. The van der Waals surface area contributed by atoms with E-state index in [1.165, 1.54) is 6.07 Å². The summed E-state index contributed by atoms with van der Waals surface area (Å²) in [5.41, 5.74) is -0.0896. The van der Waals surface area contributed by atoms with Crippen LogP contribution in [0.25, 0.3) is 16.5 Å². The lowest BCUT2D eigenvalue weighted by Gasteiger charge is -2.32. The van der Waals surface area contributed by atoms with Crippen molar-refractivity contribution in [2.75, 3.05) is 7.05 Å². The average Bonchev–Trinajstić information content (AvgIpc) is 2.43. The van der Waals surface area contributed by atoms with Gasteiger partial charge >= 0.3 is 5.63 Å². The second-order valence-electron chi connectivity index (χ2n) is 5.40. The molecule has 108 valence electrons. The van der Waals surface area contributed by atoms with Crippen molar-refractivity contribution in [3.05, 3.63) is 46.4 Å². The van der Waals surface area contributed by atoms with E-state index >= 15 is 0 Å². The van der Waals surface area contributed by atoms with E-state index in [1.54, 1.807) is 45.3 Å². The van der Waals surface area contributed by atoms with Crippen molar-refractivity contribution >= 4 is 22.3 Å². The Balaban J connectivity index is 2.41. The van der Waals surface area contributed by atoms with Gasteiger partial charge < -0.3 is 14.5 Å². The first kappa shape index (κ1) is 13.4. The Kier molecular flexibility index (Phi) is 2.86. The second kappa shape index (κ2) is 4.48. The zero-order chi connectivity index (χ0) is 15.2. The Hall–Kier alpha value is -2.56. The highest BCUT2D eigenvalue weighted by molar-refractivity contribution is 6.28. The van der Waals surface area contributed by atoms with Crippen molar-refractivity contribution in [3.63, 3.8) is 0 Å². The molecule has 0 fully saturated rings. The number of hydrogen-bond acceptors (Lipinski definition) is 5. The van der Waals surface area contributed by atoms with Gasteiger partial charge in [-0.1, -0.05) is 0 Å². The van der Waals surface area contributed by atoms with E-state index in [4.69, 9.17) is 9.15 Å². The van der Waals surface area contributed by atoms with Gasteiger partial charge in [-0.3, -0.25) is 4.79 Å². The van der Waals surface area contributed by atoms with Gasteiger partial charge in [-0.05, 0) is 32.0 Å². The molecule has 0 unspecified atom stereocenters. The van der Waals surface area contributed by atoms with Gasteiger partial charge in [-0.25, -0.2) is 4.79 Å². The molecule has 0 radical (unpaired) electrons. The number of fused-ring (bicyclic) bond motifs is 3. The third-order valence-corrected chi connectivity index (χ3v) is 3.47. The van der Waals surface area contributed by atoms with Crippen molar-refractivity contribution in [3.8, 4) is 5.75 Å². The number of Topliss-reactive ketones (excluding diaryl/α,β-unsaturated/α-hetero) is 1. The number of ketones is 1. The second-order valence-corrected chi connectivity index (χ2v) is 5.40. The molecule has 0 saturated carbocycles. The molecule has 1 N–H and O–H groups in total. The van der Waals surface area contributed by atoms with Gasteiger partial charge in [0, 0.05) is 24.7 Å². The molecule has 0 aliphatic carbocycles. The molecule has 0 saturated heterocycles. The fourth-order valence-electron chi connectivity index (χ4n) is 2.50. The van der Waals surface area contributed by atoms with Gasteiger partial charge in [0.15, 0.2) is 5.60 Å². The maximum Gasteiger partial charge on any atom is 0.336 e. The number of ether oxygens (including phenoxy) is 1. The van der Waals surface area contributed by atoms with Gasteiger partial charge in [-0.15, -0.1) is 0 Å². The van der Waals surface area contributed by atoms with E-state index in [9.17, 15) is 9.59 Å². The summed E-state index contributed by atoms with van der Waals surface area (Å²) in [4.78, 5) is 24.1. The van der Waals surface area contributed by atoms with E-state index in [-0.39, 0.29) is 5.78 Å². The molecule has 1 aromatic carbocycles. The number of carbonyl (C=O) groups excluding carboxylic acids is 1. The van der Waals surface area contributed by atoms with E-state index in [0.717, 1.165) is 5.39 Å². The monoisotopic (exact) mass is 285 g/mol. The summed E-state index contributed by atoms with van der Waals surface area (Å²) in [5, 5.41) is 3.61. The smallest absolute Gasteiger partial charge is 0.336 e. The van der Waals surface area contributed by atoms with Crippen LogP contribution in [0.4, 0.5) is 0 Å². The number of benzene rings is 1. The predicted octanol–water partition coefficient (Wildman–Crippen LogP) is 2.09. The predicted molar refractivity (Wildman–Crippen MR) is 79.2 cm³/mol. The van der Waals surface area contributed by atoms with Crippen molar-refractivity contribution in [2.45, 2.75) is 19.4 Å². The van der Waals surface area contributed by atoms with Crippen molar-refractivity contribution in [1.82, 2.24) is 5.32 Å². The lowest BCUT2D eigenvalue weighted by molar-refractivity contribution is -0.126. The molecule has 1 aliphatic heterocycles. The summed E-state index contributed by atoms with van der Waals surface area (Å²) in [6.07, 6.45) is 1.61. The summed E-state index contributed by atoms with van der Waals surface area (Å²) in [6, 6.07) is 6.61. The molecule has 2 heterocycles. The molecule has 0 atom stereocenters. The van der Waals surface area contributed by atoms with Crippen LogP contribution in [-0.2, 0) is 4.79 Å². The molecule has 0 spiro atoms. The highest BCUT2D eigenvalue weighted by atomic mass is 16.5. The minimum atomic E-state index is -0.960. The van der Waals surface area contributed by atoms with E-state index in [1.807, 2.05) is 0 Å². The van der Waals surface area contributed by atoms with E-state index < -0.39 is 11.2 Å². The Morgan fingerprint density at radius 1 is 1.14 bits per heavy atom. The van der Waals surface area contributed by atoms with Crippen LogP contribution >= 0.6 is 0 Å². The molecule has 3 rings (SSSR count). The van der Waals surface area contributed by atoms with Crippen LogP contribution in [0.15, 0.2) is 39.7 Å². The SMILES string of the molecule is CN/C=C1/C(=O)C(C)(C)Oc2ccc3ccc(=O)oc3c21. The Labute approximate surface area is 121 Å². The van der Waals surface area contributed by atoms with Crippen LogP contribution in [-0.4, -0.2) is 18.4 Å². The zero-order valence-electron chi connectivity index (χ0n) is 12.0. The van der Waals surface area contributed by atoms with Gasteiger partial charge in [-0.2, -0.15) is 0 Å². The summed E-state index contributed by atoms with van der Waals surface area (Å²) in [7, 11) is 1.71. The summed E-state index contributed by atoms with van der Waals surface area (Å²) < 4.78 is 11.1. The van der Waals surface area contributed by atoms with Gasteiger partial charge in [0.2, 0.25) is 5.78 Å². The normalized spacial score (nSPS) is 18.4. The standard InChI is InChI=1S/C16H15NO4/c1-16(2)15(19)10(8-17-3)13-11(21-16)6-4-9-5-7-12(18)20-14(9)13/h4-8,17H,1-3H3/b10-8+. The molecule has 0 bridgehead atoms. The average molecular weight is 285 g/mol. The highest BCUT2D eigenvalue weighted by Crippen LogP contribution is 2.41. The van der Waals surface area contributed by atoms with Crippen molar-refractivity contribution in [2.24, 2.45) is 0 Å². The van der Waals surface area contributed by atoms with Crippen LogP contribution in [0.2, 0.25) is 0 Å². The molecule has 21 heavy (non-hydrogen) atoms. The van der Waals surface area contributed by atoms with Crippen LogP contribution in [0.3, 0.4) is 0 Å². The fraction of sp³-hybridized carbons (Fsp3) is 0.250. The third-order valence-electron chi connectivity index (χ3n) is 3.47.